The second-order valence-electron chi connectivity index (χ2n) is 13.9. The number of aliphatic carboxylic acids is 3. The van der Waals surface area contributed by atoms with Crippen LogP contribution in [0.15, 0.2) is 0 Å². The van der Waals surface area contributed by atoms with Crippen molar-refractivity contribution in [2.24, 2.45) is 0 Å². The molecule has 0 bridgehead atoms. The molecule has 0 aromatic carbocycles. The zero-order valence-electron chi connectivity index (χ0n) is 37.0. The van der Waals surface area contributed by atoms with Gasteiger partial charge in [0.05, 0.1) is 38.4 Å². The van der Waals surface area contributed by atoms with E-state index in [1.165, 1.54) is 12.8 Å². The predicted octanol–water partition coefficient (Wildman–Crippen LogP) is -2.93. The molecule has 1 rings (SSSR count). The van der Waals surface area contributed by atoms with Crippen molar-refractivity contribution in [3.63, 3.8) is 0 Å². The van der Waals surface area contributed by atoms with E-state index in [-0.39, 0.29) is 117 Å². The number of unbranched alkanes of at least 4 members (excludes halogenated alkanes) is 2. The minimum absolute atomic E-state index is 0.0714. The molecule has 61 heavy (non-hydrogen) atoms. The highest BCUT2D eigenvalue weighted by atomic mass is 16.4. The van der Waals surface area contributed by atoms with E-state index >= 15 is 0 Å². The van der Waals surface area contributed by atoms with Crippen LogP contribution < -0.4 is 21.3 Å². The third-order valence-corrected chi connectivity index (χ3v) is 8.78. The maximum absolute atomic E-state index is 12.9. The van der Waals surface area contributed by atoms with Crippen LogP contribution in [0.25, 0.3) is 0 Å². The number of nitrogens with zero attached hydrogens (tertiary/aromatic N) is 4. The summed E-state index contributed by atoms with van der Waals surface area (Å²) in [6, 6.07) is -0.881. The van der Waals surface area contributed by atoms with Crippen molar-refractivity contribution in [1.82, 2.24) is 40.9 Å². The van der Waals surface area contributed by atoms with Crippen molar-refractivity contribution in [3.8, 4) is 0 Å². The van der Waals surface area contributed by atoms with Gasteiger partial charge in [0.15, 0.2) is 0 Å². The Hall–Kier alpha value is -3.87. The van der Waals surface area contributed by atoms with Gasteiger partial charge in [0.1, 0.15) is 18.4 Å². The van der Waals surface area contributed by atoms with Crippen LogP contribution in [0.2, 0.25) is 0 Å². The van der Waals surface area contributed by atoms with E-state index in [0.29, 0.717) is 19.3 Å². The lowest BCUT2D eigenvalue weighted by Crippen LogP contribution is -2.52. The summed E-state index contributed by atoms with van der Waals surface area (Å²) in [7, 11) is 1.63. The summed E-state index contributed by atoms with van der Waals surface area (Å²) < 4.78 is 0. The number of aliphatic hydroxyl groups excluding tert-OH is 4. The molecule has 1 saturated heterocycles. The first kappa shape index (κ1) is 61.4. The zero-order valence-corrected chi connectivity index (χ0v) is 37.0. The van der Waals surface area contributed by atoms with Crippen LogP contribution in [-0.2, 0) is 33.6 Å². The van der Waals surface area contributed by atoms with Gasteiger partial charge in [-0.15, -0.1) is 0 Å². The third kappa shape index (κ3) is 36.5. The van der Waals surface area contributed by atoms with Crippen molar-refractivity contribution >= 4 is 42.4 Å². The molecule has 22 nitrogen and oxygen atoms in total. The Morgan fingerprint density at radius 1 is 0.656 bits per heavy atom. The first-order valence-electron chi connectivity index (χ1n) is 21.1. The highest BCUT2D eigenvalue weighted by Gasteiger charge is 2.25. The Morgan fingerprint density at radius 2 is 1.11 bits per heavy atom. The van der Waals surface area contributed by atoms with E-state index in [4.69, 9.17) is 15.3 Å². The quantitative estimate of drug-likeness (QED) is 0.0306. The molecular weight excluding hydrogens is 804 g/mol. The fraction of sp³-hybridized carbons (Fsp3) is 0.821. The molecule has 1 fully saturated rings. The maximum Gasteiger partial charge on any atom is 0.317 e. The molecule has 0 radical (unpaired) electrons. The lowest BCUT2D eigenvalue weighted by atomic mass is 10.1. The molecule has 0 aromatic rings. The highest BCUT2D eigenvalue weighted by molar-refractivity contribution is 5.88. The van der Waals surface area contributed by atoms with Gasteiger partial charge in [-0.2, -0.15) is 0 Å². The van der Waals surface area contributed by atoms with Crippen LogP contribution in [0.3, 0.4) is 0 Å². The number of aliphatic hydroxyl groups is 4. The number of carboxylic acid groups (broad SMARTS) is 3. The number of carbonyl (C=O) groups is 7. The Bertz CT molecular complexity index is 1130. The average molecular weight is 883 g/mol. The van der Waals surface area contributed by atoms with Gasteiger partial charge < -0.3 is 61.8 Å². The summed E-state index contributed by atoms with van der Waals surface area (Å²) in [5.74, 6) is -3.96. The van der Waals surface area contributed by atoms with E-state index in [1.54, 1.807) is 26.6 Å². The number of nitrogens with one attached hydrogen (secondary N) is 4. The molecule has 1 aliphatic heterocycles. The van der Waals surface area contributed by atoms with Crippen molar-refractivity contribution in [3.05, 3.63) is 0 Å². The fourth-order valence-electron chi connectivity index (χ4n) is 5.53. The second-order valence-corrected chi connectivity index (χ2v) is 13.9. The minimum Gasteiger partial charge on any atom is -0.480 e. The SMILES string of the molecule is CC.CCCCCNC=O.CCCNC(=O)[C@H](CCC=O)NC(=O)CN1CCN(CC(=O)O)CCN(CC(=O)O)CCN(CC(=O)O)CC1.CNCC(O)C(O)C(O)CCO. The number of carbonyl (C=O) groups excluding carboxylic acids is 4. The molecule has 0 saturated carbocycles. The minimum atomic E-state index is -1.20. The fourth-order valence-corrected chi connectivity index (χ4v) is 5.53. The molecule has 3 amide bonds. The number of amides is 3. The summed E-state index contributed by atoms with van der Waals surface area (Å²) in [6.07, 6.45) is 2.70. The van der Waals surface area contributed by atoms with Crippen LogP contribution in [0, 0.1) is 0 Å². The molecular formula is C39H78N8O14. The number of hydrogen-bond acceptors (Lipinski definition) is 16. The first-order chi connectivity index (χ1) is 29.1. The lowest BCUT2D eigenvalue weighted by molar-refractivity contribution is -0.140. The first-order valence-corrected chi connectivity index (χ1v) is 21.1. The largest absolute Gasteiger partial charge is 0.480 e. The summed E-state index contributed by atoms with van der Waals surface area (Å²) >= 11 is 0. The average Bonchev–Trinajstić information content (AvgIpc) is 3.21. The molecule has 0 aromatic heterocycles. The van der Waals surface area contributed by atoms with Crippen LogP contribution in [-0.4, -0.2) is 234 Å². The number of hydrogen-bond donors (Lipinski definition) is 11. The van der Waals surface area contributed by atoms with Crippen LogP contribution in [0.5, 0.6) is 0 Å². The molecule has 0 aliphatic carbocycles. The summed E-state index contributed by atoms with van der Waals surface area (Å²) in [6.45, 7) is 10.6. The number of carboxylic acids is 3. The maximum atomic E-state index is 12.9. The van der Waals surface area contributed by atoms with Gasteiger partial charge in [0, 0.05) is 85.0 Å². The van der Waals surface area contributed by atoms with E-state index in [0.717, 1.165) is 19.4 Å². The van der Waals surface area contributed by atoms with Crippen molar-refractivity contribution in [1.29, 1.82) is 0 Å². The van der Waals surface area contributed by atoms with Gasteiger partial charge in [-0.05, 0) is 32.7 Å². The van der Waals surface area contributed by atoms with Gasteiger partial charge >= 0.3 is 17.9 Å². The van der Waals surface area contributed by atoms with E-state index < -0.39 is 48.2 Å². The Kier molecular flexibility index (Phi) is 41.8. The molecule has 1 aliphatic rings. The van der Waals surface area contributed by atoms with Gasteiger partial charge in [-0.1, -0.05) is 40.5 Å². The Labute approximate surface area is 361 Å². The summed E-state index contributed by atoms with van der Waals surface area (Å²) in [5, 5.41) is 74.4. The zero-order chi connectivity index (χ0) is 47.0. The highest BCUT2D eigenvalue weighted by Crippen LogP contribution is 2.04. The van der Waals surface area contributed by atoms with Crippen LogP contribution in [0.4, 0.5) is 0 Å². The molecule has 4 atom stereocenters. The summed E-state index contributed by atoms with van der Waals surface area (Å²) in [4.78, 5) is 86.7. The van der Waals surface area contributed by atoms with E-state index in [2.05, 4.69) is 28.2 Å². The second kappa shape index (κ2) is 41.5. The van der Waals surface area contributed by atoms with Gasteiger partial charge in [-0.25, -0.2) is 0 Å². The molecule has 1 heterocycles. The van der Waals surface area contributed by atoms with E-state index in [1.807, 2.05) is 20.8 Å². The van der Waals surface area contributed by atoms with Gasteiger partial charge in [0.25, 0.3) is 0 Å². The summed E-state index contributed by atoms with van der Waals surface area (Å²) in [5.41, 5.74) is 0. The number of rotatable bonds is 26. The molecule has 358 valence electrons. The Morgan fingerprint density at radius 3 is 1.48 bits per heavy atom. The van der Waals surface area contributed by atoms with Gasteiger partial charge in [0.2, 0.25) is 18.2 Å². The number of likely N-dealkylation sites (N-methyl/N-ethyl adjacent to an activating group) is 1. The van der Waals surface area contributed by atoms with E-state index in [9.17, 15) is 54.0 Å². The van der Waals surface area contributed by atoms with Crippen molar-refractivity contribution < 1.29 is 69.3 Å². The third-order valence-electron chi connectivity index (χ3n) is 8.78. The Balaban J connectivity index is -0.00000124. The van der Waals surface area contributed by atoms with Crippen molar-refractivity contribution in [2.45, 2.75) is 97.0 Å². The van der Waals surface area contributed by atoms with Gasteiger partial charge in [-0.3, -0.25) is 48.4 Å². The topological polar surface area (TPSA) is 322 Å². The van der Waals surface area contributed by atoms with Crippen LogP contribution in [0.1, 0.15) is 72.6 Å². The molecule has 3 unspecified atom stereocenters. The molecule has 22 heteroatoms. The van der Waals surface area contributed by atoms with Crippen LogP contribution >= 0.6 is 0 Å². The monoisotopic (exact) mass is 883 g/mol. The predicted molar refractivity (Wildman–Crippen MR) is 228 cm³/mol. The number of aldehydes is 1. The van der Waals surface area contributed by atoms with Crippen molar-refractivity contribution in [2.75, 3.05) is 112 Å². The lowest BCUT2D eigenvalue weighted by Gasteiger charge is -2.33. The normalized spacial score (nSPS) is 16.3. The standard InChI is InChI=1S/C24H42N6O9.C7H17NO4.C6H13NO.C2H6/c1-2-5-25-24(39)19(4-3-14-31)26-20(32)15-27-6-8-28(16-21(33)34)10-12-30(18-23(37)38)13-11-29(9-7-27)17-22(35)36;1-8-4-6(11)7(12)5(10)2-3-9;1-2-3-4-5-7-6-8;1-2/h14,19H,2-13,15-18H2,1H3,(H,25,39)(H,26,32)(H,33,34)(H,35,36)(H,37,38);5-12H,2-4H2,1H3;6H,2-5H2,1H3,(H,7,8);1-2H3/t19-;;;/m0.../s1. The molecule has 11 N–H and O–H groups in total. The molecule has 0 spiro atoms. The smallest absolute Gasteiger partial charge is 0.317 e.